The molecular formula is C7H7N2. The molecule has 0 bridgehead atoms. The van der Waals surface area contributed by atoms with Crippen LogP contribution in [0.3, 0.4) is 0 Å². The molecule has 0 rings (SSSR count). The standard InChI is InChI=1S/C7H7N2/c1-3-4-7(2,5-8)6-9/h4H,1-2H3. The van der Waals surface area contributed by atoms with E-state index in [1.807, 2.05) is 12.1 Å². The average Bonchev–Trinajstić information content (AvgIpc) is 1.89. The van der Waals surface area contributed by atoms with Gasteiger partial charge in [-0.05, 0) is 26.0 Å². The smallest absolute Gasteiger partial charge is 0.159 e. The number of allylic oxidation sites excluding steroid dienone is 2. The molecule has 0 aliphatic rings. The zero-order valence-electron chi connectivity index (χ0n) is 5.47. The maximum atomic E-state index is 8.37. The highest BCUT2D eigenvalue weighted by Crippen LogP contribution is 2.13. The number of nitrogens with zero attached hydrogens (tertiary/aromatic N) is 2. The predicted molar refractivity (Wildman–Crippen MR) is 32.8 cm³/mol. The molecule has 0 aromatic heterocycles. The molecule has 0 aliphatic carbocycles. The Bertz CT molecular complexity index is 176. The SMILES string of the molecule is C/[C]=C/C(C)(C#N)C#N. The summed E-state index contributed by atoms with van der Waals surface area (Å²) in [5.74, 6) is 0. The van der Waals surface area contributed by atoms with Crippen LogP contribution in [0.5, 0.6) is 0 Å². The monoisotopic (exact) mass is 119 g/mol. The quantitative estimate of drug-likeness (QED) is 0.524. The van der Waals surface area contributed by atoms with Gasteiger partial charge in [0.2, 0.25) is 0 Å². The zero-order valence-corrected chi connectivity index (χ0v) is 5.47. The lowest BCUT2D eigenvalue weighted by molar-refractivity contribution is 0.750. The lowest BCUT2D eigenvalue weighted by Crippen LogP contribution is -2.04. The molecule has 45 valence electrons. The molecule has 2 nitrogen and oxygen atoms in total. The van der Waals surface area contributed by atoms with Gasteiger partial charge in [-0.25, -0.2) is 0 Å². The van der Waals surface area contributed by atoms with E-state index in [0.29, 0.717) is 0 Å². The van der Waals surface area contributed by atoms with Gasteiger partial charge in [0.05, 0.1) is 12.1 Å². The Kier molecular flexibility index (Phi) is 2.48. The molecule has 9 heavy (non-hydrogen) atoms. The lowest BCUT2D eigenvalue weighted by atomic mass is 9.95. The summed E-state index contributed by atoms with van der Waals surface area (Å²) >= 11 is 0. The number of hydrogen-bond acceptors (Lipinski definition) is 2. The molecule has 0 spiro atoms. The molecule has 0 unspecified atom stereocenters. The van der Waals surface area contributed by atoms with E-state index in [4.69, 9.17) is 10.5 Å². The van der Waals surface area contributed by atoms with E-state index in [1.165, 1.54) is 6.08 Å². The van der Waals surface area contributed by atoms with Gasteiger partial charge in [0.25, 0.3) is 0 Å². The van der Waals surface area contributed by atoms with Gasteiger partial charge in [0, 0.05) is 0 Å². The van der Waals surface area contributed by atoms with Crippen LogP contribution in [0.2, 0.25) is 0 Å². The van der Waals surface area contributed by atoms with Crippen LogP contribution < -0.4 is 0 Å². The Balaban J connectivity index is 4.39. The van der Waals surface area contributed by atoms with Crippen LogP contribution in [0.1, 0.15) is 13.8 Å². The Morgan fingerprint density at radius 2 is 1.78 bits per heavy atom. The summed E-state index contributed by atoms with van der Waals surface area (Å²) < 4.78 is 0. The van der Waals surface area contributed by atoms with Gasteiger partial charge in [-0.2, -0.15) is 10.5 Å². The van der Waals surface area contributed by atoms with Crippen LogP contribution in [0.25, 0.3) is 0 Å². The first kappa shape index (κ1) is 7.72. The molecule has 2 heteroatoms. The third-order valence-electron chi connectivity index (χ3n) is 0.898. The van der Waals surface area contributed by atoms with Crippen LogP contribution in [-0.4, -0.2) is 0 Å². The van der Waals surface area contributed by atoms with E-state index in [1.54, 1.807) is 13.8 Å². The van der Waals surface area contributed by atoms with Crippen LogP contribution >= 0.6 is 0 Å². The van der Waals surface area contributed by atoms with E-state index in [0.717, 1.165) is 0 Å². The highest BCUT2D eigenvalue weighted by atomic mass is 14.4. The fraction of sp³-hybridized carbons (Fsp3) is 0.429. The summed E-state index contributed by atoms with van der Waals surface area (Å²) in [5, 5.41) is 16.7. The van der Waals surface area contributed by atoms with Crippen LogP contribution in [0.4, 0.5) is 0 Å². The second kappa shape index (κ2) is 2.89. The minimum atomic E-state index is -0.991. The molecule has 1 radical (unpaired) electrons. The molecule has 0 atom stereocenters. The van der Waals surface area contributed by atoms with Gasteiger partial charge < -0.3 is 0 Å². The number of hydrogen-bond donors (Lipinski definition) is 0. The largest absolute Gasteiger partial charge is 0.196 e. The first-order chi connectivity index (χ1) is 4.18. The van der Waals surface area contributed by atoms with Crippen molar-refractivity contribution in [1.29, 1.82) is 10.5 Å². The molecule has 0 saturated heterocycles. The molecule has 0 N–H and O–H groups in total. The maximum absolute atomic E-state index is 8.37. The summed E-state index contributed by atoms with van der Waals surface area (Å²) in [6.45, 7) is 3.20. The molecule has 0 aromatic carbocycles. The molecule has 0 heterocycles. The Morgan fingerprint density at radius 3 is 1.89 bits per heavy atom. The fourth-order valence-electron chi connectivity index (χ4n) is 0.378. The molecule has 0 amide bonds. The Hall–Kier alpha value is -1.28. The maximum Gasteiger partial charge on any atom is 0.159 e. The zero-order chi connectivity index (χ0) is 7.33. The topological polar surface area (TPSA) is 47.6 Å². The van der Waals surface area contributed by atoms with Gasteiger partial charge in [-0.1, -0.05) is 0 Å². The predicted octanol–water partition coefficient (Wildman–Crippen LogP) is 1.42. The van der Waals surface area contributed by atoms with Crippen molar-refractivity contribution < 1.29 is 0 Å². The van der Waals surface area contributed by atoms with Gasteiger partial charge in [-0.15, -0.1) is 0 Å². The van der Waals surface area contributed by atoms with E-state index < -0.39 is 5.41 Å². The van der Waals surface area contributed by atoms with E-state index >= 15 is 0 Å². The molecule has 0 saturated carbocycles. The second-order valence-electron chi connectivity index (χ2n) is 1.86. The van der Waals surface area contributed by atoms with Gasteiger partial charge in [0.1, 0.15) is 0 Å². The first-order valence-electron chi connectivity index (χ1n) is 2.52. The Morgan fingerprint density at radius 1 is 1.33 bits per heavy atom. The summed E-state index contributed by atoms with van der Waals surface area (Å²) in [7, 11) is 0. The summed E-state index contributed by atoms with van der Waals surface area (Å²) in [6, 6.07) is 3.70. The third kappa shape index (κ3) is 1.97. The van der Waals surface area contributed by atoms with Gasteiger partial charge in [0.15, 0.2) is 5.41 Å². The second-order valence-corrected chi connectivity index (χ2v) is 1.86. The van der Waals surface area contributed by atoms with Crippen molar-refractivity contribution in [3.8, 4) is 12.1 Å². The van der Waals surface area contributed by atoms with Crippen molar-refractivity contribution in [2.24, 2.45) is 5.41 Å². The molecule has 0 aliphatic heterocycles. The summed E-state index contributed by atoms with van der Waals surface area (Å²) in [4.78, 5) is 0. The Labute approximate surface area is 55.0 Å². The minimum absolute atomic E-state index is 0.991. The van der Waals surface area contributed by atoms with Crippen molar-refractivity contribution in [3.05, 3.63) is 12.2 Å². The van der Waals surface area contributed by atoms with Gasteiger partial charge in [-0.3, -0.25) is 0 Å². The van der Waals surface area contributed by atoms with Crippen molar-refractivity contribution in [2.45, 2.75) is 13.8 Å². The highest BCUT2D eigenvalue weighted by molar-refractivity contribution is 5.20. The minimum Gasteiger partial charge on any atom is -0.196 e. The first-order valence-corrected chi connectivity index (χ1v) is 2.52. The van der Waals surface area contributed by atoms with Gasteiger partial charge >= 0.3 is 0 Å². The normalized spacial score (nSPS) is 10.7. The molecular weight excluding hydrogens is 112 g/mol. The summed E-state index contributed by atoms with van der Waals surface area (Å²) in [5.41, 5.74) is -0.991. The lowest BCUT2D eigenvalue weighted by Gasteiger charge is -2.01. The van der Waals surface area contributed by atoms with Crippen LogP contribution in [-0.2, 0) is 0 Å². The number of rotatable bonds is 1. The van der Waals surface area contributed by atoms with Crippen molar-refractivity contribution >= 4 is 0 Å². The van der Waals surface area contributed by atoms with Crippen molar-refractivity contribution in [1.82, 2.24) is 0 Å². The molecule has 0 aromatic rings. The average molecular weight is 119 g/mol. The third-order valence-corrected chi connectivity index (χ3v) is 0.898. The van der Waals surface area contributed by atoms with Crippen LogP contribution in [0, 0.1) is 34.2 Å². The fourth-order valence-corrected chi connectivity index (χ4v) is 0.378. The van der Waals surface area contributed by atoms with Crippen molar-refractivity contribution in [2.75, 3.05) is 0 Å². The summed E-state index contributed by atoms with van der Waals surface area (Å²) in [6.07, 6.45) is 4.09. The highest BCUT2D eigenvalue weighted by Gasteiger charge is 2.17. The number of nitriles is 2. The van der Waals surface area contributed by atoms with E-state index in [9.17, 15) is 0 Å². The van der Waals surface area contributed by atoms with E-state index in [2.05, 4.69) is 6.08 Å². The van der Waals surface area contributed by atoms with Crippen LogP contribution in [0.15, 0.2) is 6.08 Å². The molecule has 0 fully saturated rings. The van der Waals surface area contributed by atoms with E-state index in [-0.39, 0.29) is 0 Å². The van der Waals surface area contributed by atoms with Crippen molar-refractivity contribution in [3.63, 3.8) is 0 Å².